The van der Waals surface area contributed by atoms with Crippen LogP contribution in [-0.4, -0.2) is 24.8 Å². The van der Waals surface area contributed by atoms with E-state index in [1.54, 1.807) is 16.4 Å². The standard InChI is InChI=1S/C19H23NO2S/c1-15-8-12-19(13-9-15)23(21,22)20-16(2)10-11-18(20)14-17-6-4-3-5-7-17/h3-9,12-13,16,18H,10-11,14H2,1-2H3/t16-,18-/m1/s1. The van der Waals surface area contributed by atoms with Crippen molar-refractivity contribution in [2.24, 2.45) is 0 Å². The van der Waals surface area contributed by atoms with Gasteiger partial charge in [-0.2, -0.15) is 4.31 Å². The topological polar surface area (TPSA) is 37.4 Å². The van der Waals surface area contributed by atoms with Crippen molar-refractivity contribution in [3.8, 4) is 0 Å². The first-order valence-corrected chi connectivity index (χ1v) is 9.56. The van der Waals surface area contributed by atoms with Crippen LogP contribution in [0.15, 0.2) is 59.5 Å². The minimum Gasteiger partial charge on any atom is -0.207 e. The molecule has 2 aromatic carbocycles. The summed E-state index contributed by atoms with van der Waals surface area (Å²) in [5, 5.41) is 0. The van der Waals surface area contributed by atoms with Gasteiger partial charge in [0.1, 0.15) is 0 Å². The van der Waals surface area contributed by atoms with Gasteiger partial charge in [0.15, 0.2) is 0 Å². The van der Waals surface area contributed by atoms with Gasteiger partial charge in [0.25, 0.3) is 0 Å². The Bertz CT molecular complexity index is 754. The van der Waals surface area contributed by atoms with Crippen LogP contribution < -0.4 is 0 Å². The molecule has 0 aliphatic carbocycles. The molecule has 23 heavy (non-hydrogen) atoms. The highest BCUT2D eigenvalue weighted by atomic mass is 32.2. The van der Waals surface area contributed by atoms with E-state index in [-0.39, 0.29) is 12.1 Å². The minimum atomic E-state index is -3.44. The Kier molecular flexibility index (Phi) is 4.55. The Morgan fingerprint density at radius 3 is 2.30 bits per heavy atom. The molecule has 2 aromatic rings. The maximum Gasteiger partial charge on any atom is 0.243 e. The molecular weight excluding hydrogens is 306 g/mol. The largest absolute Gasteiger partial charge is 0.243 e. The van der Waals surface area contributed by atoms with Crippen LogP contribution in [0.25, 0.3) is 0 Å². The SMILES string of the molecule is Cc1ccc(S(=O)(=O)N2[C@@H](Cc3ccccc3)CC[C@H]2C)cc1. The Morgan fingerprint density at radius 2 is 1.65 bits per heavy atom. The average molecular weight is 329 g/mol. The molecule has 3 rings (SSSR count). The molecule has 1 aliphatic rings. The zero-order valence-corrected chi connectivity index (χ0v) is 14.5. The van der Waals surface area contributed by atoms with Gasteiger partial charge < -0.3 is 0 Å². The maximum atomic E-state index is 13.1. The summed E-state index contributed by atoms with van der Waals surface area (Å²) in [5.74, 6) is 0. The quantitative estimate of drug-likeness (QED) is 0.856. The third kappa shape index (κ3) is 3.33. The predicted molar refractivity (Wildman–Crippen MR) is 92.8 cm³/mol. The van der Waals surface area contributed by atoms with Crippen LogP contribution in [0.3, 0.4) is 0 Å². The van der Waals surface area contributed by atoms with Crippen LogP contribution in [-0.2, 0) is 16.4 Å². The highest BCUT2D eigenvalue weighted by molar-refractivity contribution is 7.89. The second-order valence-electron chi connectivity index (χ2n) is 6.42. The van der Waals surface area contributed by atoms with Crippen molar-refractivity contribution in [1.82, 2.24) is 4.31 Å². The number of nitrogens with zero attached hydrogens (tertiary/aromatic N) is 1. The van der Waals surface area contributed by atoms with Gasteiger partial charge in [-0.05, 0) is 50.8 Å². The van der Waals surface area contributed by atoms with Crippen molar-refractivity contribution in [1.29, 1.82) is 0 Å². The van der Waals surface area contributed by atoms with Gasteiger partial charge in [-0.25, -0.2) is 8.42 Å². The zero-order valence-electron chi connectivity index (χ0n) is 13.6. The Morgan fingerprint density at radius 1 is 1.00 bits per heavy atom. The minimum absolute atomic E-state index is 0.0405. The summed E-state index contributed by atoms with van der Waals surface area (Å²) in [7, 11) is -3.44. The van der Waals surface area contributed by atoms with Crippen LogP contribution in [0, 0.1) is 6.92 Å². The fourth-order valence-electron chi connectivity index (χ4n) is 3.39. The Balaban J connectivity index is 1.90. The Hall–Kier alpha value is -1.65. The molecule has 1 aliphatic heterocycles. The van der Waals surface area contributed by atoms with E-state index in [4.69, 9.17) is 0 Å². The summed E-state index contributed by atoms with van der Waals surface area (Å²) < 4.78 is 27.9. The average Bonchev–Trinajstić information content (AvgIpc) is 2.90. The van der Waals surface area contributed by atoms with Crippen LogP contribution in [0.2, 0.25) is 0 Å². The molecule has 0 spiro atoms. The molecule has 122 valence electrons. The number of sulfonamides is 1. The van der Waals surface area contributed by atoms with Crippen molar-refractivity contribution in [2.75, 3.05) is 0 Å². The monoisotopic (exact) mass is 329 g/mol. The van der Waals surface area contributed by atoms with Gasteiger partial charge in [-0.15, -0.1) is 0 Å². The number of rotatable bonds is 4. The molecule has 1 saturated heterocycles. The fraction of sp³-hybridized carbons (Fsp3) is 0.368. The van der Waals surface area contributed by atoms with Gasteiger partial charge in [0.2, 0.25) is 10.0 Å². The smallest absolute Gasteiger partial charge is 0.207 e. The second-order valence-corrected chi connectivity index (χ2v) is 8.26. The number of benzene rings is 2. The molecule has 0 aromatic heterocycles. The van der Waals surface area contributed by atoms with E-state index in [2.05, 4.69) is 12.1 Å². The first-order valence-electron chi connectivity index (χ1n) is 8.12. The summed E-state index contributed by atoms with van der Waals surface area (Å²) in [6.07, 6.45) is 2.61. The molecule has 0 bridgehead atoms. The molecule has 4 heteroatoms. The highest BCUT2D eigenvalue weighted by Gasteiger charge is 2.39. The van der Waals surface area contributed by atoms with Gasteiger partial charge >= 0.3 is 0 Å². The molecule has 3 nitrogen and oxygen atoms in total. The molecule has 0 radical (unpaired) electrons. The van der Waals surface area contributed by atoms with E-state index in [1.807, 2.05) is 44.2 Å². The van der Waals surface area contributed by atoms with Crippen LogP contribution >= 0.6 is 0 Å². The summed E-state index contributed by atoms with van der Waals surface area (Å²) >= 11 is 0. The van der Waals surface area contributed by atoms with E-state index in [0.29, 0.717) is 4.90 Å². The molecule has 0 saturated carbocycles. The van der Waals surface area contributed by atoms with E-state index >= 15 is 0 Å². The Labute approximate surface area is 139 Å². The number of aryl methyl sites for hydroxylation is 1. The fourth-order valence-corrected chi connectivity index (χ4v) is 5.27. The van der Waals surface area contributed by atoms with Crippen LogP contribution in [0.5, 0.6) is 0 Å². The summed E-state index contributed by atoms with van der Waals surface area (Å²) in [6.45, 7) is 3.98. The van der Waals surface area contributed by atoms with Crippen molar-refractivity contribution in [3.05, 3.63) is 65.7 Å². The normalized spacial score (nSPS) is 22.3. The predicted octanol–water partition coefficient (Wildman–Crippen LogP) is 3.78. The lowest BCUT2D eigenvalue weighted by Gasteiger charge is -2.28. The zero-order chi connectivity index (χ0) is 16.4. The first-order chi connectivity index (χ1) is 11.0. The van der Waals surface area contributed by atoms with Crippen molar-refractivity contribution < 1.29 is 8.42 Å². The first kappa shape index (κ1) is 16.2. The lowest BCUT2D eigenvalue weighted by Crippen LogP contribution is -2.40. The van der Waals surface area contributed by atoms with E-state index < -0.39 is 10.0 Å². The molecule has 1 fully saturated rings. The molecular formula is C19H23NO2S. The van der Waals surface area contributed by atoms with Crippen molar-refractivity contribution in [3.63, 3.8) is 0 Å². The lowest BCUT2D eigenvalue weighted by atomic mass is 10.0. The summed E-state index contributed by atoms with van der Waals surface area (Å²) in [4.78, 5) is 0.398. The van der Waals surface area contributed by atoms with Crippen LogP contribution in [0.4, 0.5) is 0 Å². The van der Waals surface area contributed by atoms with E-state index in [9.17, 15) is 8.42 Å². The van der Waals surface area contributed by atoms with E-state index in [0.717, 1.165) is 24.8 Å². The second kappa shape index (κ2) is 6.46. The molecule has 0 unspecified atom stereocenters. The summed E-state index contributed by atoms with van der Waals surface area (Å²) in [5.41, 5.74) is 2.26. The van der Waals surface area contributed by atoms with Crippen LogP contribution in [0.1, 0.15) is 30.9 Å². The molecule has 0 amide bonds. The molecule has 1 heterocycles. The number of hydrogen-bond acceptors (Lipinski definition) is 2. The number of hydrogen-bond donors (Lipinski definition) is 0. The van der Waals surface area contributed by atoms with Crippen molar-refractivity contribution in [2.45, 2.75) is 50.1 Å². The molecule has 0 N–H and O–H groups in total. The summed E-state index contributed by atoms with van der Waals surface area (Å²) in [6, 6.07) is 17.4. The molecule has 2 atom stereocenters. The van der Waals surface area contributed by atoms with E-state index in [1.165, 1.54) is 5.56 Å². The van der Waals surface area contributed by atoms with Gasteiger partial charge in [0.05, 0.1) is 4.90 Å². The lowest BCUT2D eigenvalue weighted by molar-refractivity contribution is 0.333. The third-order valence-electron chi connectivity index (χ3n) is 4.62. The van der Waals surface area contributed by atoms with Gasteiger partial charge in [-0.3, -0.25) is 0 Å². The van der Waals surface area contributed by atoms with Crippen molar-refractivity contribution >= 4 is 10.0 Å². The highest BCUT2D eigenvalue weighted by Crippen LogP contribution is 2.32. The van der Waals surface area contributed by atoms with Gasteiger partial charge in [0, 0.05) is 12.1 Å². The maximum absolute atomic E-state index is 13.1. The van der Waals surface area contributed by atoms with Gasteiger partial charge in [-0.1, -0.05) is 48.0 Å². The third-order valence-corrected chi connectivity index (χ3v) is 6.70.